The Hall–Kier alpha value is -3.59. The number of hydrogen-bond donors (Lipinski definition) is 1. The molecule has 0 aliphatic carbocycles. The number of methoxy groups -OCH3 is 2. The molecule has 8 nitrogen and oxygen atoms in total. The first-order valence-corrected chi connectivity index (χ1v) is 9.34. The minimum Gasteiger partial charge on any atom is -0.493 e. The number of rotatable bonds is 6. The smallest absolute Gasteiger partial charge is 0.338 e. The number of pyridine rings is 1. The zero-order valence-electron chi connectivity index (χ0n) is 15.6. The Morgan fingerprint density at radius 2 is 1.93 bits per heavy atom. The van der Waals surface area contributed by atoms with E-state index in [1.165, 1.54) is 18.0 Å². The van der Waals surface area contributed by atoms with Crippen LogP contribution in [-0.2, 0) is 0 Å². The van der Waals surface area contributed by atoms with E-state index in [1.54, 1.807) is 43.3 Å². The van der Waals surface area contributed by atoms with Gasteiger partial charge in [0, 0.05) is 41.3 Å². The summed E-state index contributed by atoms with van der Waals surface area (Å²) in [5.74, 6) is 0.167. The van der Waals surface area contributed by atoms with Gasteiger partial charge in [0.1, 0.15) is 5.65 Å². The lowest BCUT2D eigenvalue weighted by Crippen LogP contribution is -2.01. The zero-order valence-corrected chi connectivity index (χ0v) is 16.4. The third-order valence-corrected chi connectivity index (χ3v) is 5.30. The van der Waals surface area contributed by atoms with Crippen LogP contribution in [0.4, 0.5) is 0 Å². The highest BCUT2D eigenvalue weighted by molar-refractivity contribution is 7.99. The molecule has 4 rings (SSSR count). The van der Waals surface area contributed by atoms with E-state index in [1.807, 2.05) is 24.3 Å². The molecule has 0 aliphatic rings. The maximum atomic E-state index is 11.5. The molecule has 1 N–H and O–H groups in total. The van der Waals surface area contributed by atoms with Crippen LogP contribution in [0.3, 0.4) is 0 Å². The molecule has 3 heterocycles. The van der Waals surface area contributed by atoms with Crippen molar-refractivity contribution in [1.82, 2.24) is 19.4 Å². The molecule has 0 radical (unpaired) electrons. The van der Waals surface area contributed by atoms with E-state index in [0.717, 1.165) is 5.56 Å². The molecule has 0 amide bonds. The molecule has 0 unspecified atom stereocenters. The van der Waals surface area contributed by atoms with Gasteiger partial charge >= 0.3 is 5.97 Å². The first-order chi connectivity index (χ1) is 14.1. The van der Waals surface area contributed by atoms with Crippen molar-refractivity contribution >= 4 is 23.4 Å². The maximum Gasteiger partial charge on any atom is 0.338 e. The van der Waals surface area contributed by atoms with Crippen molar-refractivity contribution in [3.8, 4) is 22.8 Å². The van der Waals surface area contributed by atoms with E-state index in [9.17, 15) is 9.90 Å². The topological polar surface area (TPSA) is 98.8 Å². The summed E-state index contributed by atoms with van der Waals surface area (Å²) in [6.07, 6.45) is 6.33. The van der Waals surface area contributed by atoms with Crippen molar-refractivity contribution in [2.75, 3.05) is 14.2 Å². The molecular formula is C20H16N4O4S. The second-order valence-corrected chi connectivity index (χ2v) is 6.94. The van der Waals surface area contributed by atoms with Crippen molar-refractivity contribution in [2.24, 2.45) is 0 Å². The van der Waals surface area contributed by atoms with E-state index in [-0.39, 0.29) is 5.56 Å². The summed E-state index contributed by atoms with van der Waals surface area (Å²) in [5, 5.41) is 10.0. The van der Waals surface area contributed by atoms with E-state index in [2.05, 4.69) is 9.97 Å². The minimum absolute atomic E-state index is 0.115. The van der Waals surface area contributed by atoms with Crippen molar-refractivity contribution in [3.63, 3.8) is 0 Å². The summed E-state index contributed by atoms with van der Waals surface area (Å²) in [5.41, 5.74) is 2.31. The van der Waals surface area contributed by atoms with Crippen LogP contribution in [0.15, 0.2) is 65.2 Å². The number of fused-ring (bicyclic) bond motifs is 1. The number of nitrogens with zero attached hydrogens (tertiary/aromatic N) is 4. The van der Waals surface area contributed by atoms with Crippen LogP contribution in [-0.4, -0.2) is 44.6 Å². The molecule has 29 heavy (non-hydrogen) atoms. The molecule has 1 aromatic carbocycles. The molecule has 0 fully saturated rings. The predicted octanol–water partition coefficient (Wildman–Crippen LogP) is 3.66. The fourth-order valence-electron chi connectivity index (χ4n) is 2.84. The number of aromatic nitrogens is 4. The van der Waals surface area contributed by atoms with Gasteiger partial charge in [0.15, 0.2) is 16.7 Å². The molecule has 3 aromatic heterocycles. The minimum atomic E-state index is -1.04. The Morgan fingerprint density at radius 1 is 1.10 bits per heavy atom. The number of aromatic carboxylic acids is 1. The van der Waals surface area contributed by atoms with E-state index in [0.29, 0.717) is 32.9 Å². The Bertz CT molecular complexity index is 1210. The Labute approximate surface area is 170 Å². The average Bonchev–Trinajstić information content (AvgIpc) is 3.22. The standard InChI is InChI=1S/C20H16N4O4S/c1-27-15-4-3-12(9-16(15)28-2)14-10-18-22-7-8-24(18)20(23-14)29-17-5-6-21-11-13(17)19(25)26/h3-11H,1-2H3,(H,25,26). The van der Waals surface area contributed by atoms with Crippen molar-refractivity contribution in [2.45, 2.75) is 10.1 Å². The van der Waals surface area contributed by atoms with Crippen LogP contribution in [0.5, 0.6) is 11.5 Å². The lowest BCUT2D eigenvalue weighted by Gasteiger charge is -2.11. The number of benzene rings is 1. The molecule has 0 saturated heterocycles. The summed E-state index contributed by atoms with van der Waals surface area (Å²) in [6, 6.07) is 9.04. The maximum absolute atomic E-state index is 11.5. The van der Waals surface area contributed by atoms with Crippen LogP contribution in [0.1, 0.15) is 10.4 Å². The summed E-state index contributed by atoms with van der Waals surface area (Å²) >= 11 is 1.24. The summed E-state index contributed by atoms with van der Waals surface area (Å²) in [6.45, 7) is 0. The monoisotopic (exact) mass is 408 g/mol. The van der Waals surface area contributed by atoms with Crippen LogP contribution in [0.25, 0.3) is 16.9 Å². The number of carbonyl (C=O) groups is 1. The van der Waals surface area contributed by atoms with Crippen LogP contribution >= 0.6 is 11.8 Å². The second kappa shape index (κ2) is 7.80. The highest BCUT2D eigenvalue weighted by Crippen LogP contribution is 2.34. The first-order valence-electron chi connectivity index (χ1n) is 8.52. The summed E-state index contributed by atoms with van der Waals surface area (Å²) in [7, 11) is 3.15. The Morgan fingerprint density at radius 3 is 2.69 bits per heavy atom. The SMILES string of the molecule is COc1ccc(-c2cc3nccn3c(Sc3ccncc3C(=O)O)n2)cc1OC. The van der Waals surface area contributed by atoms with Gasteiger partial charge in [-0.15, -0.1) is 0 Å². The van der Waals surface area contributed by atoms with Crippen LogP contribution in [0, 0.1) is 0 Å². The third kappa shape index (κ3) is 3.59. The van der Waals surface area contributed by atoms with Crippen molar-refractivity contribution in [3.05, 3.63) is 60.7 Å². The molecule has 0 bridgehead atoms. The van der Waals surface area contributed by atoms with Crippen LogP contribution in [0.2, 0.25) is 0 Å². The van der Waals surface area contributed by atoms with Gasteiger partial charge in [-0.3, -0.25) is 9.38 Å². The van der Waals surface area contributed by atoms with Crippen molar-refractivity contribution in [1.29, 1.82) is 0 Å². The van der Waals surface area contributed by atoms with Gasteiger partial charge in [-0.1, -0.05) is 11.8 Å². The molecule has 0 aliphatic heterocycles. The number of imidazole rings is 1. The normalized spacial score (nSPS) is 10.8. The number of carboxylic acids is 1. The number of carboxylic acid groups (broad SMARTS) is 1. The summed E-state index contributed by atoms with van der Waals surface area (Å²) < 4.78 is 12.5. The van der Waals surface area contributed by atoms with Gasteiger partial charge in [-0.05, 0) is 24.3 Å². The fraction of sp³-hybridized carbons (Fsp3) is 0.100. The molecular weight excluding hydrogens is 392 g/mol. The Kier molecular flexibility index (Phi) is 5.05. The lowest BCUT2D eigenvalue weighted by atomic mass is 10.1. The Balaban J connectivity index is 1.83. The average molecular weight is 408 g/mol. The largest absolute Gasteiger partial charge is 0.493 e. The van der Waals surface area contributed by atoms with Crippen LogP contribution < -0.4 is 9.47 Å². The number of ether oxygens (including phenoxy) is 2. The summed E-state index contributed by atoms with van der Waals surface area (Å²) in [4.78, 5) is 25.1. The van der Waals surface area contributed by atoms with Gasteiger partial charge in [-0.2, -0.15) is 0 Å². The highest BCUT2D eigenvalue weighted by atomic mass is 32.2. The van der Waals surface area contributed by atoms with Gasteiger partial charge in [0.2, 0.25) is 0 Å². The van der Waals surface area contributed by atoms with Gasteiger partial charge < -0.3 is 14.6 Å². The van der Waals surface area contributed by atoms with Gasteiger partial charge in [-0.25, -0.2) is 14.8 Å². The highest BCUT2D eigenvalue weighted by Gasteiger charge is 2.16. The molecule has 9 heteroatoms. The molecule has 0 atom stereocenters. The lowest BCUT2D eigenvalue weighted by molar-refractivity contribution is 0.0692. The predicted molar refractivity (Wildman–Crippen MR) is 107 cm³/mol. The molecule has 146 valence electrons. The van der Waals surface area contributed by atoms with E-state index >= 15 is 0 Å². The second-order valence-electron chi connectivity index (χ2n) is 5.93. The van der Waals surface area contributed by atoms with E-state index in [4.69, 9.17) is 14.5 Å². The number of hydrogen-bond acceptors (Lipinski definition) is 7. The first kappa shape index (κ1) is 18.8. The fourth-order valence-corrected chi connectivity index (χ4v) is 3.81. The van der Waals surface area contributed by atoms with Crippen molar-refractivity contribution < 1.29 is 19.4 Å². The molecule has 0 saturated carbocycles. The third-order valence-electron chi connectivity index (χ3n) is 4.25. The van der Waals surface area contributed by atoms with E-state index < -0.39 is 5.97 Å². The van der Waals surface area contributed by atoms with Gasteiger partial charge in [0.05, 0.1) is 25.5 Å². The quantitative estimate of drug-likeness (QED) is 0.483. The molecule has 0 spiro atoms. The van der Waals surface area contributed by atoms with Gasteiger partial charge in [0.25, 0.3) is 0 Å². The zero-order chi connectivity index (χ0) is 20.4. The molecule has 4 aromatic rings.